The van der Waals surface area contributed by atoms with E-state index in [1.807, 2.05) is 34.7 Å². The van der Waals surface area contributed by atoms with Crippen LogP contribution in [-0.2, 0) is 4.79 Å². The van der Waals surface area contributed by atoms with E-state index in [1.54, 1.807) is 24.7 Å². The minimum Gasteiger partial charge on any atom is -0.352 e. The lowest BCUT2D eigenvalue weighted by Gasteiger charge is -2.32. The molecule has 2 aromatic rings. The van der Waals surface area contributed by atoms with Crippen molar-refractivity contribution < 1.29 is 9.59 Å². The number of aryl methyl sites for hydroxylation is 1. The molecule has 34 heavy (non-hydrogen) atoms. The maximum Gasteiger partial charge on any atom is 0.255 e. The molecular formula is C27H37N5O2. The molecule has 1 aliphatic heterocycles. The molecule has 182 valence electrons. The number of amides is 2. The van der Waals surface area contributed by atoms with Crippen molar-refractivity contribution >= 4 is 18.0 Å². The van der Waals surface area contributed by atoms with Gasteiger partial charge in [-0.15, -0.1) is 0 Å². The summed E-state index contributed by atoms with van der Waals surface area (Å²) in [5.41, 5.74) is 2.21. The molecular weight excluding hydrogens is 426 g/mol. The van der Waals surface area contributed by atoms with Crippen molar-refractivity contribution in [2.45, 2.75) is 58.8 Å². The van der Waals surface area contributed by atoms with Gasteiger partial charge in [0.2, 0.25) is 0 Å². The second-order valence-corrected chi connectivity index (χ2v) is 9.28. The van der Waals surface area contributed by atoms with Gasteiger partial charge in [0.05, 0.1) is 11.1 Å². The van der Waals surface area contributed by atoms with Crippen molar-refractivity contribution in [1.82, 2.24) is 24.8 Å². The SMILES string of the molecule is C=C/C(=C\n1ccnc1C)C(=O)NCCCCC1CCN(C(=O)c2ccc(C(C)C)nc2)CC1. The lowest BCUT2D eigenvalue weighted by atomic mass is 9.91. The highest BCUT2D eigenvalue weighted by molar-refractivity contribution is 5.99. The maximum atomic E-state index is 12.8. The Balaban J connectivity index is 1.34. The van der Waals surface area contributed by atoms with Crippen molar-refractivity contribution in [3.05, 3.63) is 66.0 Å². The van der Waals surface area contributed by atoms with E-state index >= 15 is 0 Å². The number of carbonyl (C=O) groups excluding carboxylic acids is 2. The molecule has 3 rings (SSSR count). The van der Waals surface area contributed by atoms with Crippen LogP contribution in [-0.4, -0.2) is 50.9 Å². The number of aromatic nitrogens is 3. The van der Waals surface area contributed by atoms with Crippen molar-refractivity contribution in [2.75, 3.05) is 19.6 Å². The van der Waals surface area contributed by atoms with Gasteiger partial charge in [-0.25, -0.2) is 4.98 Å². The highest BCUT2D eigenvalue weighted by Gasteiger charge is 2.23. The number of nitrogens with one attached hydrogen (secondary N) is 1. The van der Waals surface area contributed by atoms with E-state index in [1.165, 1.54) is 0 Å². The van der Waals surface area contributed by atoms with Gasteiger partial charge in [-0.2, -0.15) is 0 Å². The van der Waals surface area contributed by atoms with Crippen molar-refractivity contribution in [3.63, 3.8) is 0 Å². The molecule has 7 nitrogen and oxygen atoms in total. The fourth-order valence-electron chi connectivity index (χ4n) is 4.22. The first-order valence-electron chi connectivity index (χ1n) is 12.3. The molecule has 2 aromatic heterocycles. The van der Waals surface area contributed by atoms with Gasteiger partial charge in [-0.1, -0.05) is 39.3 Å². The number of nitrogens with zero attached hydrogens (tertiary/aromatic N) is 4. The summed E-state index contributed by atoms with van der Waals surface area (Å²) in [5.74, 6) is 1.78. The Hall–Kier alpha value is -3.22. The Bertz CT molecular complexity index is 998. The molecule has 0 aliphatic carbocycles. The zero-order valence-corrected chi connectivity index (χ0v) is 20.7. The normalized spacial score (nSPS) is 14.9. The van der Waals surface area contributed by atoms with Gasteiger partial charge >= 0.3 is 0 Å². The Morgan fingerprint density at radius 2 is 1.97 bits per heavy atom. The lowest BCUT2D eigenvalue weighted by Crippen LogP contribution is -2.38. The third kappa shape index (κ3) is 6.89. The monoisotopic (exact) mass is 463 g/mol. The number of rotatable bonds is 10. The van der Waals surface area contributed by atoms with Gasteiger partial charge in [0, 0.05) is 50.1 Å². The second kappa shape index (κ2) is 12.3. The first kappa shape index (κ1) is 25.4. The molecule has 1 fully saturated rings. The molecule has 0 bridgehead atoms. The summed E-state index contributed by atoms with van der Waals surface area (Å²) in [6.45, 7) is 12.1. The number of carbonyl (C=O) groups is 2. The molecule has 0 radical (unpaired) electrons. The van der Waals surface area contributed by atoms with Crippen LogP contribution in [0.2, 0.25) is 0 Å². The standard InChI is InChI=1S/C27H37N5O2/c1-5-23(19-32-17-14-28-21(32)4)26(33)29-13-7-6-8-22-11-15-31(16-12-22)27(34)24-9-10-25(20(2)3)30-18-24/h5,9-10,14,17-20,22H,1,6-8,11-13,15-16H2,2-4H3,(H,29,33)/b23-19+. The topological polar surface area (TPSA) is 80.1 Å². The number of imidazole rings is 1. The molecule has 3 heterocycles. The van der Waals surface area contributed by atoms with Crippen LogP contribution in [0, 0.1) is 12.8 Å². The minimum atomic E-state index is -0.120. The summed E-state index contributed by atoms with van der Waals surface area (Å²) < 4.78 is 1.81. The van der Waals surface area contributed by atoms with Gasteiger partial charge in [0.15, 0.2) is 0 Å². The molecule has 2 amide bonds. The average Bonchev–Trinajstić information content (AvgIpc) is 3.26. The number of piperidine rings is 1. The van der Waals surface area contributed by atoms with Gasteiger partial charge < -0.3 is 14.8 Å². The van der Waals surface area contributed by atoms with Crippen LogP contribution >= 0.6 is 0 Å². The Morgan fingerprint density at radius 1 is 1.21 bits per heavy atom. The predicted molar refractivity (Wildman–Crippen MR) is 135 cm³/mol. The average molecular weight is 464 g/mol. The van der Waals surface area contributed by atoms with E-state index < -0.39 is 0 Å². The van der Waals surface area contributed by atoms with Gasteiger partial charge in [-0.05, 0) is 50.2 Å². The van der Waals surface area contributed by atoms with Gasteiger partial charge in [0.25, 0.3) is 11.8 Å². The van der Waals surface area contributed by atoms with Crippen LogP contribution in [0.4, 0.5) is 0 Å². The molecule has 1 aliphatic rings. The molecule has 0 saturated carbocycles. The van der Waals surface area contributed by atoms with E-state index in [0.717, 1.165) is 56.7 Å². The molecule has 1 saturated heterocycles. The molecule has 1 N–H and O–H groups in total. The third-order valence-electron chi connectivity index (χ3n) is 6.47. The number of hydrogen-bond acceptors (Lipinski definition) is 4. The van der Waals surface area contributed by atoms with E-state index in [-0.39, 0.29) is 11.8 Å². The maximum absolute atomic E-state index is 12.8. The fourth-order valence-corrected chi connectivity index (χ4v) is 4.22. The Labute approximate surface area is 203 Å². The van der Waals surface area contributed by atoms with Crippen LogP contribution in [0.15, 0.2) is 49.0 Å². The first-order chi connectivity index (χ1) is 16.4. The third-order valence-corrected chi connectivity index (χ3v) is 6.47. The summed E-state index contributed by atoms with van der Waals surface area (Å²) in [4.78, 5) is 35.7. The summed E-state index contributed by atoms with van der Waals surface area (Å²) >= 11 is 0. The number of unbranched alkanes of at least 4 members (excludes halogenated alkanes) is 1. The largest absolute Gasteiger partial charge is 0.352 e. The van der Waals surface area contributed by atoms with Crippen LogP contribution in [0.3, 0.4) is 0 Å². The van der Waals surface area contributed by atoms with Crippen molar-refractivity contribution in [3.8, 4) is 0 Å². The molecule has 0 spiro atoms. The number of pyridine rings is 1. The zero-order chi connectivity index (χ0) is 24.5. The van der Waals surface area contributed by atoms with Crippen LogP contribution in [0.1, 0.15) is 73.7 Å². The Kier molecular flexibility index (Phi) is 9.19. The van der Waals surface area contributed by atoms with Crippen LogP contribution in [0.25, 0.3) is 6.20 Å². The number of likely N-dealkylation sites (tertiary alicyclic amines) is 1. The van der Waals surface area contributed by atoms with Crippen LogP contribution < -0.4 is 5.32 Å². The van der Waals surface area contributed by atoms with Gasteiger partial charge in [0.1, 0.15) is 5.82 Å². The van der Waals surface area contributed by atoms with E-state index in [0.29, 0.717) is 29.5 Å². The molecule has 7 heteroatoms. The summed E-state index contributed by atoms with van der Waals surface area (Å²) in [7, 11) is 0. The van der Waals surface area contributed by atoms with Crippen molar-refractivity contribution in [2.24, 2.45) is 5.92 Å². The van der Waals surface area contributed by atoms with Gasteiger partial charge in [-0.3, -0.25) is 14.6 Å². The quantitative estimate of drug-likeness (QED) is 0.318. The highest BCUT2D eigenvalue weighted by Crippen LogP contribution is 2.24. The summed E-state index contributed by atoms with van der Waals surface area (Å²) in [5, 5.41) is 2.98. The predicted octanol–water partition coefficient (Wildman–Crippen LogP) is 4.58. The van der Waals surface area contributed by atoms with E-state index in [2.05, 4.69) is 35.7 Å². The fraction of sp³-hybridized carbons (Fsp3) is 0.481. The zero-order valence-electron chi connectivity index (χ0n) is 20.7. The van der Waals surface area contributed by atoms with Crippen molar-refractivity contribution in [1.29, 1.82) is 0 Å². The number of hydrogen-bond donors (Lipinski definition) is 1. The highest BCUT2D eigenvalue weighted by atomic mass is 16.2. The first-order valence-corrected chi connectivity index (χ1v) is 12.3. The Morgan fingerprint density at radius 3 is 2.56 bits per heavy atom. The molecule has 0 aromatic carbocycles. The van der Waals surface area contributed by atoms with Crippen LogP contribution in [0.5, 0.6) is 0 Å². The molecule has 0 unspecified atom stereocenters. The lowest BCUT2D eigenvalue weighted by molar-refractivity contribution is -0.117. The van der Waals surface area contributed by atoms with E-state index in [4.69, 9.17) is 0 Å². The van der Waals surface area contributed by atoms with E-state index in [9.17, 15) is 9.59 Å². The summed E-state index contributed by atoms with van der Waals surface area (Å²) in [6.07, 6.45) is 13.7. The smallest absolute Gasteiger partial charge is 0.255 e. The summed E-state index contributed by atoms with van der Waals surface area (Å²) in [6, 6.07) is 3.85. The molecule has 0 atom stereocenters. The second-order valence-electron chi connectivity index (χ2n) is 9.28. The minimum absolute atomic E-state index is 0.0842.